The summed E-state index contributed by atoms with van der Waals surface area (Å²) in [6, 6.07) is 6.58. The van der Waals surface area contributed by atoms with Gasteiger partial charge in [-0.15, -0.1) is 0 Å². The number of rotatable bonds is 3. The smallest absolute Gasteiger partial charge is 0.340 e. The summed E-state index contributed by atoms with van der Waals surface area (Å²) in [6.07, 6.45) is -4.61. The summed E-state index contributed by atoms with van der Waals surface area (Å²) in [5.74, 6) is -0.352. The Bertz CT molecular complexity index is 849. The summed E-state index contributed by atoms with van der Waals surface area (Å²) in [4.78, 5) is 11.4. The third-order valence-electron chi connectivity index (χ3n) is 3.02. The van der Waals surface area contributed by atoms with Gasteiger partial charge in [-0.25, -0.2) is 9.97 Å². The lowest BCUT2D eigenvalue weighted by atomic mass is 10.2. The molecule has 0 aliphatic carbocycles. The molecule has 0 aliphatic rings. The van der Waals surface area contributed by atoms with E-state index in [4.69, 9.17) is 4.52 Å². The van der Waals surface area contributed by atoms with Crippen molar-refractivity contribution in [2.24, 2.45) is 0 Å². The summed E-state index contributed by atoms with van der Waals surface area (Å²) < 4.78 is 43.9. The fourth-order valence-corrected chi connectivity index (χ4v) is 2.94. The molecular weight excluding hydrogens is 329 g/mol. The Labute approximate surface area is 133 Å². The Morgan fingerprint density at radius 2 is 1.87 bits per heavy atom. The second-order valence-corrected chi connectivity index (χ2v) is 6.13. The number of nitrogens with zero attached hydrogens (tertiary/aromatic N) is 4. The first kappa shape index (κ1) is 15.7. The van der Waals surface area contributed by atoms with Crippen molar-refractivity contribution in [1.82, 2.24) is 20.1 Å². The number of hydrogen-bond acceptors (Lipinski definition) is 6. The highest BCUT2D eigenvalue weighted by atomic mass is 32.2. The van der Waals surface area contributed by atoms with Crippen LogP contribution in [0.2, 0.25) is 0 Å². The van der Waals surface area contributed by atoms with E-state index in [9.17, 15) is 13.2 Å². The number of alkyl halides is 3. The Morgan fingerprint density at radius 1 is 1.13 bits per heavy atom. The van der Waals surface area contributed by atoms with Gasteiger partial charge in [-0.1, -0.05) is 35.1 Å². The summed E-state index contributed by atoms with van der Waals surface area (Å²) in [6.45, 7) is 3.43. The van der Waals surface area contributed by atoms with Gasteiger partial charge in [0.2, 0.25) is 11.7 Å². The van der Waals surface area contributed by atoms with Crippen molar-refractivity contribution in [2.45, 2.75) is 30.3 Å². The second-order valence-electron chi connectivity index (χ2n) is 4.80. The first-order valence-electron chi connectivity index (χ1n) is 6.65. The van der Waals surface area contributed by atoms with Crippen LogP contribution in [-0.4, -0.2) is 20.1 Å². The number of hydrogen-bond donors (Lipinski definition) is 0. The molecule has 3 rings (SSSR count). The van der Waals surface area contributed by atoms with Crippen LogP contribution in [0.25, 0.3) is 10.9 Å². The highest BCUT2D eigenvalue weighted by molar-refractivity contribution is 7.99. The Morgan fingerprint density at radius 3 is 2.52 bits per heavy atom. The van der Waals surface area contributed by atoms with Crippen LogP contribution in [0, 0.1) is 6.92 Å². The maximum absolute atomic E-state index is 13.0. The van der Waals surface area contributed by atoms with Gasteiger partial charge in [-0.2, -0.15) is 18.2 Å². The predicted molar refractivity (Wildman–Crippen MR) is 77.8 cm³/mol. The molecule has 0 N–H and O–H groups in total. The zero-order valence-corrected chi connectivity index (χ0v) is 12.9. The highest BCUT2D eigenvalue weighted by Gasteiger charge is 2.35. The third kappa shape index (κ3) is 3.29. The Balaban J connectivity index is 2.04. The molecule has 1 atom stereocenters. The normalized spacial score (nSPS) is 13.4. The molecule has 5 nitrogen and oxygen atoms in total. The minimum absolute atomic E-state index is 0.234. The lowest BCUT2D eigenvalue weighted by Gasteiger charge is -2.12. The number of halogens is 3. The molecule has 120 valence electrons. The van der Waals surface area contributed by atoms with E-state index in [1.807, 2.05) is 0 Å². The van der Waals surface area contributed by atoms with Gasteiger partial charge in [0.1, 0.15) is 5.03 Å². The van der Waals surface area contributed by atoms with E-state index in [0.29, 0.717) is 17.1 Å². The van der Waals surface area contributed by atoms with Crippen molar-refractivity contribution >= 4 is 22.7 Å². The fourth-order valence-electron chi connectivity index (χ4n) is 1.96. The van der Waals surface area contributed by atoms with Crippen LogP contribution >= 0.6 is 11.8 Å². The van der Waals surface area contributed by atoms with Crippen LogP contribution in [0.15, 0.2) is 33.8 Å². The number of aryl methyl sites for hydroxylation is 1. The molecule has 0 amide bonds. The molecule has 0 fully saturated rings. The number of benzene rings is 1. The van der Waals surface area contributed by atoms with E-state index >= 15 is 0 Å². The van der Waals surface area contributed by atoms with Gasteiger partial charge in [-0.05, 0) is 13.0 Å². The van der Waals surface area contributed by atoms with Crippen LogP contribution in [-0.2, 0) is 6.18 Å². The van der Waals surface area contributed by atoms with Crippen LogP contribution in [0.4, 0.5) is 13.2 Å². The zero-order chi connectivity index (χ0) is 16.6. The number of fused-ring (bicyclic) bond motifs is 1. The SMILES string of the molecule is Cc1nc([C@H](C)Sc2nc(C(F)(F)F)nc3ccccc23)no1. The number of thioether (sulfide) groups is 1. The molecule has 9 heteroatoms. The number of para-hydroxylation sites is 1. The number of aromatic nitrogens is 4. The van der Waals surface area contributed by atoms with E-state index in [-0.39, 0.29) is 15.8 Å². The van der Waals surface area contributed by atoms with Gasteiger partial charge in [0.15, 0.2) is 5.82 Å². The molecule has 1 aromatic carbocycles. The molecule has 0 aliphatic heterocycles. The molecule has 2 heterocycles. The van der Waals surface area contributed by atoms with Crippen LogP contribution in [0.5, 0.6) is 0 Å². The summed E-state index contributed by atoms with van der Waals surface area (Å²) >= 11 is 1.13. The summed E-state index contributed by atoms with van der Waals surface area (Å²) in [5, 5.41) is 4.26. The van der Waals surface area contributed by atoms with E-state index in [1.165, 1.54) is 6.07 Å². The van der Waals surface area contributed by atoms with Crippen molar-refractivity contribution in [3.63, 3.8) is 0 Å². The van der Waals surface area contributed by atoms with Gasteiger partial charge in [0.05, 0.1) is 10.8 Å². The van der Waals surface area contributed by atoms with Crippen molar-refractivity contribution in [2.75, 3.05) is 0 Å². The second kappa shape index (κ2) is 5.80. The highest BCUT2D eigenvalue weighted by Crippen LogP contribution is 2.37. The monoisotopic (exact) mass is 340 g/mol. The maximum atomic E-state index is 13.0. The maximum Gasteiger partial charge on any atom is 0.451 e. The molecule has 0 bridgehead atoms. The molecular formula is C14H11F3N4OS. The zero-order valence-electron chi connectivity index (χ0n) is 12.1. The van der Waals surface area contributed by atoms with Crippen molar-refractivity contribution in [1.29, 1.82) is 0 Å². The third-order valence-corrected chi connectivity index (χ3v) is 4.12. The minimum atomic E-state index is -4.61. The van der Waals surface area contributed by atoms with Gasteiger partial charge >= 0.3 is 6.18 Å². The molecule has 0 spiro atoms. The lowest BCUT2D eigenvalue weighted by molar-refractivity contribution is -0.145. The van der Waals surface area contributed by atoms with Gasteiger partial charge in [-0.3, -0.25) is 0 Å². The predicted octanol–water partition coefficient (Wildman–Crippen LogP) is 4.19. The molecule has 2 aromatic heterocycles. The standard InChI is InChI=1S/C14H11F3N4OS/c1-7(11-18-8(2)22-21-11)23-12-9-5-3-4-6-10(9)19-13(20-12)14(15,16)17/h3-7H,1-2H3/t7-/m0/s1. The van der Waals surface area contributed by atoms with E-state index < -0.39 is 12.0 Å². The van der Waals surface area contributed by atoms with E-state index in [1.54, 1.807) is 32.0 Å². The largest absolute Gasteiger partial charge is 0.451 e. The molecule has 0 saturated carbocycles. The van der Waals surface area contributed by atoms with Gasteiger partial charge in [0.25, 0.3) is 0 Å². The first-order chi connectivity index (χ1) is 10.8. The Hall–Kier alpha value is -2.16. The molecule has 23 heavy (non-hydrogen) atoms. The minimum Gasteiger partial charge on any atom is -0.340 e. The molecule has 0 unspecified atom stereocenters. The van der Waals surface area contributed by atoms with Gasteiger partial charge in [0, 0.05) is 12.3 Å². The molecule has 3 aromatic rings. The lowest BCUT2D eigenvalue weighted by Crippen LogP contribution is -2.12. The Kier molecular flexibility index (Phi) is 3.97. The topological polar surface area (TPSA) is 64.7 Å². The fraction of sp³-hybridized carbons (Fsp3) is 0.286. The van der Waals surface area contributed by atoms with Crippen LogP contribution in [0.3, 0.4) is 0 Å². The molecule has 0 radical (unpaired) electrons. The van der Waals surface area contributed by atoms with Crippen molar-refractivity contribution in [3.05, 3.63) is 41.8 Å². The molecule has 0 saturated heterocycles. The summed E-state index contributed by atoms with van der Waals surface area (Å²) in [7, 11) is 0. The van der Waals surface area contributed by atoms with E-state index in [2.05, 4.69) is 20.1 Å². The van der Waals surface area contributed by atoms with Crippen LogP contribution in [0.1, 0.15) is 29.7 Å². The summed E-state index contributed by atoms with van der Waals surface area (Å²) in [5.41, 5.74) is 0.244. The van der Waals surface area contributed by atoms with Crippen molar-refractivity contribution < 1.29 is 17.7 Å². The van der Waals surface area contributed by atoms with Crippen LogP contribution < -0.4 is 0 Å². The quantitative estimate of drug-likeness (QED) is 0.526. The first-order valence-corrected chi connectivity index (χ1v) is 7.53. The van der Waals surface area contributed by atoms with E-state index in [0.717, 1.165) is 11.8 Å². The average molecular weight is 340 g/mol. The van der Waals surface area contributed by atoms with Crippen molar-refractivity contribution in [3.8, 4) is 0 Å². The van der Waals surface area contributed by atoms with Gasteiger partial charge < -0.3 is 4.52 Å². The average Bonchev–Trinajstić information content (AvgIpc) is 2.93.